The fourth-order valence-corrected chi connectivity index (χ4v) is 2.92. The van der Waals surface area contributed by atoms with Crippen molar-refractivity contribution in [3.8, 4) is 11.3 Å². The molecular weight excluding hydrogens is 266 g/mol. The van der Waals surface area contributed by atoms with Crippen LogP contribution in [-0.4, -0.2) is 9.97 Å². The predicted octanol–water partition coefficient (Wildman–Crippen LogP) is 4.37. The van der Waals surface area contributed by atoms with Gasteiger partial charge in [0.15, 0.2) is 5.13 Å². The van der Waals surface area contributed by atoms with Crippen molar-refractivity contribution in [3.05, 3.63) is 40.9 Å². The molecule has 0 bridgehead atoms. The van der Waals surface area contributed by atoms with Crippen LogP contribution in [-0.2, 0) is 0 Å². The Morgan fingerprint density at radius 3 is 2.60 bits per heavy atom. The van der Waals surface area contributed by atoms with E-state index in [1.54, 1.807) is 0 Å². The number of anilines is 1. The van der Waals surface area contributed by atoms with Crippen molar-refractivity contribution in [1.82, 2.24) is 9.97 Å². The van der Waals surface area contributed by atoms with E-state index in [0.717, 1.165) is 27.9 Å². The molecule has 3 aromatic rings. The van der Waals surface area contributed by atoms with Crippen molar-refractivity contribution in [2.75, 3.05) is 5.73 Å². The van der Waals surface area contributed by atoms with Gasteiger partial charge in [0.1, 0.15) is 0 Å². The van der Waals surface area contributed by atoms with Gasteiger partial charge in [-0.25, -0.2) is 4.98 Å². The van der Waals surface area contributed by atoms with Crippen LogP contribution in [0.4, 0.5) is 5.13 Å². The number of benzene rings is 1. The fourth-order valence-electron chi connectivity index (χ4n) is 2.36. The maximum atomic E-state index is 5.77. The zero-order valence-corrected chi connectivity index (χ0v) is 12.7. The van der Waals surface area contributed by atoms with E-state index < -0.39 is 0 Å². The number of aromatic nitrogens is 2. The number of rotatable bonds is 2. The lowest BCUT2D eigenvalue weighted by atomic mass is 9.98. The zero-order chi connectivity index (χ0) is 14.3. The van der Waals surface area contributed by atoms with E-state index in [1.807, 2.05) is 12.3 Å². The summed E-state index contributed by atoms with van der Waals surface area (Å²) in [5.74, 6) is 0.494. The molecule has 0 aliphatic heterocycles. The molecule has 0 unspecified atom stereocenters. The third-order valence-electron chi connectivity index (χ3n) is 3.43. The average molecular weight is 283 g/mol. The maximum Gasteiger partial charge on any atom is 0.180 e. The third-order valence-corrected chi connectivity index (χ3v) is 4.10. The highest BCUT2D eigenvalue weighted by Gasteiger charge is 2.11. The van der Waals surface area contributed by atoms with Crippen LogP contribution in [0.1, 0.15) is 31.0 Å². The summed E-state index contributed by atoms with van der Waals surface area (Å²) in [5.41, 5.74) is 11.1. The molecule has 0 aliphatic rings. The number of nitrogen functional groups attached to an aromatic ring is 1. The van der Waals surface area contributed by atoms with E-state index in [2.05, 4.69) is 48.1 Å². The Labute approximate surface area is 122 Å². The lowest BCUT2D eigenvalue weighted by Gasteiger charge is -2.10. The highest BCUT2D eigenvalue weighted by atomic mass is 32.1. The Morgan fingerprint density at radius 2 is 1.95 bits per heavy atom. The van der Waals surface area contributed by atoms with Gasteiger partial charge in [0.05, 0.1) is 11.2 Å². The molecular formula is C16H17N3S. The number of fused-ring (bicyclic) bond motifs is 1. The van der Waals surface area contributed by atoms with Gasteiger partial charge in [0.25, 0.3) is 0 Å². The largest absolute Gasteiger partial charge is 0.375 e. The second-order valence-corrected chi connectivity index (χ2v) is 6.20. The van der Waals surface area contributed by atoms with Gasteiger partial charge in [-0.15, -0.1) is 11.3 Å². The Bertz CT molecular complexity index is 774. The summed E-state index contributed by atoms with van der Waals surface area (Å²) in [6, 6.07) is 8.55. The fraction of sp³-hybridized carbons (Fsp3) is 0.250. The van der Waals surface area contributed by atoms with E-state index in [4.69, 9.17) is 5.73 Å². The minimum absolute atomic E-state index is 0.494. The van der Waals surface area contributed by atoms with Crippen molar-refractivity contribution in [1.29, 1.82) is 0 Å². The molecule has 3 rings (SSSR count). The quantitative estimate of drug-likeness (QED) is 0.759. The number of nitrogens with zero attached hydrogens (tertiary/aromatic N) is 2. The van der Waals surface area contributed by atoms with Gasteiger partial charge >= 0.3 is 0 Å². The van der Waals surface area contributed by atoms with Gasteiger partial charge in [-0.1, -0.05) is 19.9 Å². The molecule has 0 fully saturated rings. The summed E-state index contributed by atoms with van der Waals surface area (Å²) >= 11 is 1.47. The van der Waals surface area contributed by atoms with Gasteiger partial charge in [-0.05, 0) is 36.6 Å². The van der Waals surface area contributed by atoms with E-state index in [1.165, 1.54) is 16.9 Å². The smallest absolute Gasteiger partial charge is 0.180 e. The molecule has 0 aliphatic carbocycles. The molecule has 20 heavy (non-hydrogen) atoms. The summed E-state index contributed by atoms with van der Waals surface area (Å²) in [6.07, 6.45) is 0. The lowest BCUT2D eigenvalue weighted by Crippen LogP contribution is -1.93. The van der Waals surface area contributed by atoms with Gasteiger partial charge in [-0.2, -0.15) is 0 Å². The monoisotopic (exact) mass is 283 g/mol. The van der Waals surface area contributed by atoms with Crippen molar-refractivity contribution >= 4 is 27.4 Å². The number of aryl methyl sites for hydroxylation is 1. The van der Waals surface area contributed by atoms with Crippen LogP contribution in [0.5, 0.6) is 0 Å². The lowest BCUT2D eigenvalue weighted by molar-refractivity contribution is 0.868. The second kappa shape index (κ2) is 4.87. The van der Waals surface area contributed by atoms with Crippen molar-refractivity contribution in [3.63, 3.8) is 0 Å². The van der Waals surface area contributed by atoms with Crippen LogP contribution in [0, 0.1) is 6.92 Å². The van der Waals surface area contributed by atoms with Gasteiger partial charge in [0, 0.05) is 22.0 Å². The number of hydrogen-bond acceptors (Lipinski definition) is 4. The summed E-state index contributed by atoms with van der Waals surface area (Å²) in [4.78, 5) is 9.03. The minimum atomic E-state index is 0.494. The molecule has 0 radical (unpaired) electrons. The Balaban J connectivity index is 2.31. The zero-order valence-electron chi connectivity index (χ0n) is 11.8. The van der Waals surface area contributed by atoms with E-state index in [0.29, 0.717) is 11.0 Å². The summed E-state index contributed by atoms with van der Waals surface area (Å²) in [7, 11) is 0. The molecule has 0 amide bonds. The number of hydrogen-bond donors (Lipinski definition) is 1. The highest BCUT2D eigenvalue weighted by Crippen LogP contribution is 2.32. The molecule has 0 spiro atoms. The van der Waals surface area contributed by atoms with Crippen LogP contribution in [0.3, 0.4) is 0 Å². The maximum absolute atomic E-state index is 5.77. The Kier molecular flexibility index (Phi) is 3.18. The molecule has 2 aromatic heterocycles. The number of nitrogens with two attached hydrogens (primary N) is 1. The molecule has 3 nitrogen and oxygen atoms in total. The van der Waals surface area contributed by atoms with E-state index in [-0.39, 0.29) is 0 Å². The molecule has 4 heteroatoms. The topological polar surface area (TPSA) is 51.8 Å². The molecule has 0 atom stereocenters. The molecule has 2 heterocycles. The minimum Gasteiger partial charge on any atom is -0.375 e. The average Bonchev–Trinajstić information content (AvgIpc) is 2.83. The first-order chi connectivity index (χ1) is 9.54. The first-order valence-electron chi connectivity index (χ1n) is 6.67. The number of thiazole rings is 1. The van der Waals surface area contributed by atoms with E-state index >= 15 is 0 Å². The van der Waals surface area contributed by atoms with Crippen LogP contribution in [0.15, 0.2) is 29.6 Å². The van der Waals surface area contributed by atoms with Gasteiger partial charge < -0.3 is 5.73 Å². The van der Waals surface area contributed by atoms with Crippen LogP contribution in [0.2, 0.25) is 0 Å². The Hall–Kier alpha value is -1.94. The summed E-state index contributed by atoms with van der Waals surface area (Å²) < 4.78 is 0. The highest BCUT2D eigenvalue weighted by molar-refractivity contribution is 7.13. The number of pyridine rings is 1. The molecule has 0 saturated carbocycles. The van der Waals surface area contributed by atoms with Crippen molar-refractivity contribution in [2.24, 2.45) is 0 Å². The van der Waals surface area contributed by atoms with Crippen LogP contribution < -0.4 is 5.73 Å². The first kappa shape index (κ1) is 13.1. The summed E-state index contributed by atoms with van der Waals surface area (Å²) in [6.45, 7) is 6.40. The van der Waals surface area contributed by atoms with Gasteiger partial charge in [-0.3, -0.25) is 4.98 Å². The molecule has 102 valence electrons. The normalized spacial score (nSPS) is 11.4. The molecule has 2 N–H and O–H groups in total. The van der Waals surface area contributed by atoms with Crippen LogP contribution in [0.25, 0.3) is 22.2 Å². The predicted molar refractivity (Wildman–Crippen MR) is 86.1 cm³/mol. The van der Waals surface area contributed by atoms with Gasteiger partial charge in [0.2, 0.25) is 0 Å². The van der Waals surface area contributed by atoms with Crippen LogP contribution >= 0.6 is 11.3 Å². The van der Waals surface area contributed by atoms with Crippen molar-refractivity contribution < 1.29 is 0 Å². The van der Waals surface area contributed by atoms with E-state index in [9.17, 15) is 0 Å². The second-order valence-electron chi connectivity index (χ2n) is 5.31. The Morgan fingerprint density at radius 1 is 1.15 bits per heavy atom. The third kappa shape index (κ3) is 2.27. The summed E-state index contributed by atoms with van der Waals surface area (Å²) in [5, 5.41) is 3.75. The molecule has 0 saturated heterocycles. The standard InChI is InChI=1S/C16H17N3S/c1-9(2)11-4-5-14-13(7-11)12(6-10(3)18-14)15-8-20-16(17)19-15/h4-9H,1-3H3,(H2,17,19). The SMILES string of the molecule is Cc1cc(-c2csc(N)n2)c2cc(C(C)C)ccc2n1. The first-order valence-corrected chi connectivity index (χ1v) is 7.55. The van der Waals surface area contributed by atoms with Crippen molar-refractivity contribution in [2.45, 2.75) is 26.7 Å². The molecule has 1 aromatic carbocycles.